The first kappa shape index (κ1) is 13.9. The number of esters is 1. The monoisotopic (exact) mass is 271 g/mol. The van der Waals surface area contributed by atoms with E-state index in [4.69, 9.17) is 22.1 Å². The third kappa shape index (κ3) is 2.89. The Hall–Kier alpha value is -0.540. The molecule has 0 spiro atoms. The van der Waals surface area contributed by atoms with E-state index in [2.05, 4.69) is 6.08 Å². The van der Waals surface area contributed by atoms with Crippen LogP contribution in [0, 0.1) is 5.92 Å². The molecule has 1 fully saturated rings. The molecule has 0 saturated heterocycles. The van der Waals surface area contributed by atoms with E-state index in [0.29, 0.717) is 5.92 Å². The number of alkyl halides is 1. The predicted octanol–water partition coefficient (Wildman–Crippen LogP) is 2.76. The molecule has 0 amide bonds. The first-order chi connectivity index (χ1) is 8.35. The number of hydrogen-bond acceptors (Lipinski definition) is 3. The molecular formula is C14H22ClNO2. The van der Waals surface area contributed by atoms with Crippen molar-refractivity contribution in [2.75, 3.05) is 6.54 Å². The molecule has 3 atom stereocenters. The van der Waals surface area contributed by atoms with Gasteiger partial charge in [-0.05, 0) is 57.9 Å². The van der Waals surface area contributed by atoms with Gasteiger partial charge in [0.1, 0.15) is 5.60 Å². The molecule has 3 unspecified atom stereocenters. The summed E-state index contributed by atoms with van der Waals surface area (Å²) in [4.78, 5) is 10.9. The van der Waals surface area contributed by atoms with Crippen molar-refractivity contribution < 1.29 is 9.53 Å². The Kier molecular flexibility index (Phi) is 3.75. The van der Waals surface area contributed by atoms with Gasteiger partial charge >= 0.3 is 5.97 Å². The molecule has 2 rings (SSSR count). The van der Waals surface area contributed by atoms with Crippen LogP contribution in [-0.4, -0.2) is 23.0 Å². The van der Waals surface area contributed by atoms with E-state index >= 15 is 0 Å². The van der Waals surface area contributed by atoms with E-state index in [-0.39, 0.29) is 6.54 Å². The van der Waals surface area contributed by atoms with Gasteiger partial charge in [-0.1, -0.05) is 5.57 Å². The molecule has 0 aromatic heterocycles. The van der Waals surface area contributed by atoms with Crippen molar-refractivity contribution >= 4 is 17.6 Å². The number of halogens is 1. The van der Waals surface area contributed by atoms with Crippen LogP contribution in [0.5, 0.6) is 0 Å². The third-order valence-electron chi connectivity index (χ3n) is 4.00. The second-order valence-corrected chi connectivity index (χ2v) is 6.91. The van der Waals surface area contributed by atoms with Crippen molar-refractivity contribution in [3.63, 3.8) is 0 Å². The summed E-state index contributed by atoms with van der Waals surface area (Å²) in [5, 5.41) is 0. The molecule has 2 N–H and O–H groups in total. The SMILES string of the molecule is CC1(OC(=O)C(C)(Cl)CN)C=C2CCCC(C2)C1. The average molecular weight is 272 g/mol. The minimum atomic E-state index is -1.12. The number of ether oxygens (including phenoxy) is 1. The molecule has 102 valence electrons. The zero-order valence-corrected chi connectivity index (χ0v) is 11.9. The molecule has 4 heteroatoms. The maximum atomic E-state index is 12.0. The average Bonchev–Trinajstić information content (AvgIpc) is 2.27. The molecule has 0 aromatic carbocycles. The normalized spacial score (nSPS) is 34.4. The Morgan fingerprint density at radius 2 is 2.44 bits per heavy atom. The number of carbonyl (C=O) groups excluding carboxylic acids is 1. The van der Waals surface area contributed by atoms with Crippen LogP contribution < -0.4 is 5.73 Å². The van der Waals surface area contributed by atoms with Gasteiger partial charge in [-0.15, -0.1) is 11.6 Å². The van der Waals surface area contributed by atoms with Crippen molar-refractivity contribution in [3.8, 4) is 0 Å². The van der Waals surface area contributed by atoms with E-state index in [1.54, 1.807) is 6.92 Å². The van der Waals surface area contributed by atoms with E-state index in [9.17, 15) is 4.79 Å². The summed E-state index contributed by atoms with van der Waals surface area (Å²) < 4.78 is 5.64. The Bertz CT molecular complexity index is 378. The van der Waals surface area contributed by atoms with Crippen LogP contribution in [0.25, 0.3) is 0 Å². The first-order valence-electron chi connectivity index (χ1n) is 6.68. The van der Waals surface area contributed by atoms with Crippen LogP contribution in [0.15, 0.2) is 11.6 Å². The van der Waals surface area contributed by atoms with Crippen molar-refractivity contribution in [2.45, 2.75) is 56.4 Å². The summed E-state index contributed by atoms with van der Waals surface area (Å²) in [6.45, 7) is 3.67. The van der Waals surface area contributed by atoms with Crippen molar-refractivity contribution in [1.29, 1.82) is 0 Å². The Balaban J connectivity index is 2.11. The van der Waals surface area contributed by atoms with Crippen LogP contribution in [-0.2, 0) is 9.53 Å². The lowest BCUT2D eigenvalue weighted by Gasteiger charge is -2.40. The lowest BCUT2D eigenvalue weighted by Crippen LogP contribution is -2.45. The molecule has 3 nitrogen and oxygen atoms in total. The summed E-state index contributed by atoms with van der Waals surface area (Å²) >= 11 is 6.05. The standard InChI is InChI=1S/C14H22ClNO2/c1-13(18-12(17)14(2,15)9-16)7-10-4-3-5-11(6-10)8-13/h7,11H,3-6,8-9,16H2,1-2H3. The van der Waals surface area contributed by atoms with Gasteiger partial charge in [0, 0.05) is 6.54 Å². The molecule has 0 aromatic rings. The number of nitrogens with two attached hydrogens (primary N) is 1. The largest absolute Gasteiger partial charge is 0.454 e. The van der Waals surface area contributed by atoms with E-state index in [0.717, 1.165) is 12.8 Å². The highest BCUT2D eigenvalue weighted by Gasteiger charge is 2.40. The fraction of sp³-hybridized carbons (Fsp3) is 0.786. The summed E-state index contributed by atoms with van der Waals surface area (Å²) in [5.74, 6) is 0.238. The van der Waals surface area contributed by atoms with Gasteiger partial charge in [-0.3, -0.25) is 4.79 Å². The smallest absolute Gasteiger partial charge is 0.329 e. The molecule has 0 aliphatic heterocycles. The summed E-state index contributed by atoms with van der Waals surface area (Å²) in [6, 6.07) is 0. The lowest BCUT2D eigenvalue weighted by molar-refractivity contribution is -0.158. The van der Waals surface area contributed by atoms with Gasteiger partial charge in [0.15, 0.2) is 4.87 Å². The fourth-order valence-electron chi connectivity index (χ4n) is 3.03. The van der Waals surface area contributed by atoms with Gasteiger partial charge < -0.3 is 10.5 Å². The highest BCUT2D eigenvalue weighted by molar-refractivity contribution is 6.34. The van der Waals surface area contributed by atoms with Crippen LogP contribution in [0.2, 0.25) is 0 Å². The third-order valence-corrected chi connectivity index (χ3v) is 4.31. The molecule has 0 heterocycles. The number of rotatable bonds is 3. The lowest BCUT2D eigenvalue weighted by atomic mass is 9.73. The molecule has 0 radical (unpaired) electrons. The Morgan fingerprint density at radius 3 is 3.06 bits per heavy atom. The molecule has 2 bridgehead atoms. The number of fused-ring (bicyclic) bond motifs is 2. The van der Waals surface area contributed by atoms with E-state index in [1.165, 1.54) is 24.8 Å². The minimum Gasteiger partial charge on any atom is -0.454 e. The summed E-state index contributed by atoms with van der Waals surface area (Å²) in [5.41, 5.74) is 6.43. The molecular weight excluding hydrogens is 250 g/mol. The van der Waals surface area contributed by atoms with E-state index in [1.807, 2.05) is 6.92 Å². The molecule has 1 saturated carbocycles. The van der Waals surface area contributed by atoms with Gasteiger partial charge in [-0.25, -0.2) is 0 Å². The zero-order valence-electron chi connectivity index (χ0n) is 11.2. The maximum absolute atomic E-state index is 12.0. The number of allylic oxidation sites excluding steroid dienone is 1. The predicted molar refractivity (Wildman–Crippen MR) is 72.5 cm³/mol. The Morgan fingerprint density at radius 1 is 1.72 bits per heavy atom. The maximum Gasteiger partial charge on any atom is 0.329 e. The molecule has 2 aliphatic rings. The second kappa shape index (κ2) is 4.86. The Labute approximate surface area is 114 Å². The number of hydrogen-bond donors (Lipinski definition) is 1. The van der Waals surface area contributed by atoms with Crippen LogP contribution in [0.3, 0.4) is 0 Å². The van der Waals surface area contributed by atoms with Crippen LogP contribution in [0.1, 0.15) is 46.0 Å². The van der Waals surface area contributed by atoms with Crippen LogP contribution in [0.4, 0.5) is 0 Å². The quantitative estimate of drug-likeness (QED) is 0.488. The zero-order chi connectivity index (χ0) is 13.4. The molecule has 18 heavy (non-hydrogen) atoms. The van der Waals surface area contributed by atoms with Crippen molar-refractivity contribution in [3.05, 3.63) is 11.6 Å². The summed E-state index contributed by atoms with van der Waals surface area (Å²) in [7, 11) is 0. The highest BCUT2D eigenvalue weighted by atomic mass is 35.5. The van der Waals surface area contributed by atoms with Crippen LogP contribution >= 0.6 is 11.6 Å². The van der Waals surface area contributed by atoms with E-state index < -0.39 is 16.4 Å². The van der Waals surface area contributed by atoms with Crippen molar-refractivity contribution in [2.24, 2.45) is 11.7 Å². The summed E-state index contributed by atoms with van der Waals surface area (Å²) in [6.07, 6.45) is 7.83. The minimum absolute atomic E-state index is 0.0868. The van der Waals surface area contributed by atoms with Gasteiger partial charge in [0.25, 0.3) is 0 Å². The van der Waals surface area contributed by atoms with Gasteiger partial charge in [0.05, 0.1) is 0 Å². The topological polar surface area (TPSA) is 52.3 Å². The van der Waals surface area contributed by atoms with Gasteiger partial charge in [-0.2, -0.15) is 0 Å². The fourth-order valence-corrected chi connectivity index (χ4v) is 3.07. The van der Waals surface area contributed by atoms with Crippen molar-refractivity contribution in [1.82, 2.24) is 0 Å². The molecule has 2 aliphatic carbocycles. The highest BCUT2D eigenvalue weighted by Crippen LogP contribution is 2.42. The number of carbonyl (C=O) groups is 1. The second-order valence-electron chi connectivity index (χ2n) is 6.07. The first-order valence-corrected chi connectivity index (χ1v) is 7.05. The van der Waals surface area contributed by atoms with Gasteiger partial charge in [0.2, 0.25) is 0 Å².